The Bertz CT molecular complexity index is 423. The number of benzene rings is 1. The molecule has 1 aromatic carbocycles. The second-order valence-corrected chi connectivity index (χ2v) is 6.74. The molecule has 0 amide bonds. The summed E-state index contributed by atoms with van der Waals surface area (Å²) in [5.41, 5.74) is 2.68. The SMILES string of the molecule is CCCNCc1cc(Cl)ccc1N1CC(C)CC(C)C1. The average Bonchev–Trinajstić information content (AvgIpc) is 2.38. The van der Waals surface area contributed by atoms with Crippen molar-refractivity contribution < 1.29 is 0 Å². The van der Waals surface area contributed by atoms with Crippen molar-refractivity contribution in [1.82, 2.24) is 5.32 Å². The highest BCUT2D eigenvalue weighted by Gasteiger charge is 2.23. The molecule has 1 fully saturated rings. The van der Waals surface area contributed by atoms with Gasteiger partial charge in [-0.1, -0.05) is 32.4 Å². The fourth-order valence-corrected chi connectivity index (χ4v) is 3.46. The predicted octanol–water partition coefficient (Wildman–Crippen LogP) is 4.32. The number of nitrogens with one attached hydrogen (secondary N) is 1. The summed E-state index contributed by atoms with van der Waals surface area (Å²) in [5, 5.41) is 4.33. The smallest absolute Gasteiger partial charge is 0.0413 e. The van der Waals surface area contributed by atoms with Crippen molar-refractivity contribution in [3.05, 3.63) is 28.8 Å². The van der Waals surface area contributed by atoms with Crippen molar-refractivity contribution in [2.75, 3.05) is 24.5 Å². The fraction of sp³-hybridized carbons (Fsp3) is 0.647. The number of anilines is 1. The lowest BCUT2D eigenvalue weighted by Crippen LogP contribution is -2.39. The number of rotatable bonds is 5. The number of hydrogen-bond acceptors (Lipinski definition) is 2. The number of nitrogens with zero attached hydrogens (tertiary/aromatic N) is 1. The summed E-state index contributed by atoms with van der Waals surface area (Å²) in [6.07, 6.45) is 2.50. The van der Waals surface area contributed by atoms with Crippen molar-refractivity contribution in [2.45, 2.75) is 40.2 Å². The number of piperidine rings is 1. The largest absolute Gasteiger partial charge is 0.371 e. The molecule has 1 saturated heterocycles. The minimum absolute atomic E-state index is 0.769. The molecule has 2 nitrogen and oxygen atoms in total. The van der Waals surface area contributed by atoms with Crippen LogP contribution in [0.4, 0.5) is 5.69 Å². The van der Waals surface area contributed by atoms with Gasteiger partial charge in [0.15, 0.2) is 0 Å². The zero-order chi connectivity index (χ0) is 14.5. The Kier molecular flexibility index (Phi) is 5.74. The molecule has 1 aromatic rings. The maximum absolute atomic E-state index is 6.18. The molecule has 0 saturated carbocycles. The zero-order valence-corrected chi connectivity index (χ0v) is 13.7. The summed E-state index contributed by atoms with van der Waals surface area (Å²) in [5.74, 6) is 1.54. The van der Waals surface area contributed by atoms with E-state index in [-0.39, 0.29) is 0 Å². The van der Waals surface area contributed by atoms with E-state index in [1.54, 1.807) is 0 Å². The van der Waals surface area contributed by atoms with Gasteiger partial charge in [0.25, 0.3) is 0 Å². The molecule has 0 bridgehead atoms. The third-order valence-corrected chi connectivity index (χ3v) is 4.23. The Morgan fingerprint density at radius 2 is 1.95 bits per heavy atom. The minimum Gasteiger partial charge on any atom is -0.371 e. The van der Waals surface area contributed by atoms with Crippen LogP contribution in [-0.4, -0.2) is 19.6 Å². The van der Waals surface area contributed by atoms with Crippen molar-refractivity contribution >= 4 is 17.3 Å². The fourth-order valence-electron chi connectivity index (χ4n) is 3.26. The van der Waals surface area contributed by atoms with E-state index in [0.29, 0.717) is 0 Å². The van der Waals surface area contributed by atoms with Gasteiger partial charge in [-0.05, 0) is 55.0 Å². The molecule has 1 aliphatic heterocycles. The third-order valence-electron chi connectivity index (χ3n) is 3.99. The van der Waals surface area contributed by atoms with Gasteiger partial charge in [-0.2, -0.15) is 0 Å². The minimum atomic E-state index is 0.769. The Morgan fingerprint density at radius 3 is 2.60 bits per heavy atom. The van der Waals surface area contributed by atoms with Crippen molar-refractivity contribution in [3.63, 3.8) is 0 Å². The van der Waals surface area contributed by atoms with E-state index in [4.69, 9.17) is 11.6 Å². The first kappa shape index (κ1) is 15.7. The van der Waals surface area contributed by atoms with Crippen molar-refractivity contribution in [1.29, 1.82) is 0 Å². The molecule has 0 radical (unpaired) electrons. The molecule has 0 spiro atoms. The van der Waals surface area contributed by atoms with E-state index < -0.39 is 0 Å². The summed E-state index contributed by atoms with van der Waals surface area (Å²) in [6, 6.07) is 6.32. The van der Waals surface area contributed by atoms with Gasteiger partial charge >= 0.3 is 0 Å². The molecule has 1 N–H and O–H groups in total. The van der Waals surface area contributed by atoms with E-state index in [1.807, 2.05) is 6.07 Å². The molecule has 2 rings (SSSR count). The first-order valence-electron chi connectivity index (χ1n) is 7.84. The Morgan fingerprint density at radius 1 is 1.25 bits per heavy atom. The molecule has 1 heterocycles. The van der Waals surface area contributed by atoms with Gasteiger partial charge in [-0.3, -0.25) is 0 Å². The molecule has 1 aliphatic rings. The Balaban J connectivity index is 2.16. The molecule has 112 valence electrons. The van der Waals surface area contributed by atoms with E-state index in [2.05, 4.69) is 43.1 Å². The topological polar surface area (TPSA) is 15.3 Å². The van der Waals surface area contributed by atoms with Crippen LogP contribution in [0.1, 0.15) is 39.2 Å². The summed E-state index contributed by atoms with van der Waals surface area (Å²) in [7, 11) is 0. The van der Waals surface area contributed by atoms with Crippen molar-refractivity contribution in [3.8, 4) is 0 Å². The standard InChI is InChI=1S/C17H27ClN2/c1-4-7-19-10-15-9-16(18)5-6-17(15)20-11-13(2)8-14(3)12-20/h5-6,9,13-14,19H,4,7-8,10-12H2,1-3H3. The van der Waals surface area contributed by atoms with Crippen LogP contribution in [0.15, 0.2) is 18.2 Å². The molecular weight excluding hydrogens is 268 g/mol. The molecule has 0 aliphatic carbocycles. The lowest BCUT2D eigenvalue weighted by Gasteiger charge is -2.37. The zero-order valence-electron chi connectivity index (χ0n) is 13.0. The van der Waals surface area contributed by atoms with Gasteiger partial charge in [0.1, 0.15) is 0 Å². The Hall–Kier alpha value is -0.730. The van der Waals surface area contributed by atoms with E-state index in [1.165, 1.54) is 17.7 Å². The molecule has 3 heteroatoms. The van der Waals surface area contributed by atoms with Gasteiger partial charge in [0.2, 0.25) is 0 Å². The van der Waals surface area contributed by atoms with Gasteiger partial charge < -0.3 is 10.2 Å². The van der Waals surface area contributed by atoms with Crippen molar-refractivity contribution in [2.24, 2.45) is 11.8 Å². The molecular formula is C17H27ClN2. The van der Waals surface area contributed by atoms with Crippen LogP contribution in [0.2, 0.25) is 5.02 Å². The van der Waals surface area contributed by atoms with E-state index >= 15 is 0 Å². The summed E-state index contributed by atoms with van der Waals surface area (Å²) in [4.78, 5) is 2.54. The molecule has 0 aromatic heterocycles. The maximum atomic E-state index is 6.18. The monoisotopic (exact) mass is 294 g/mol. The van der Waals surface area contributed by atoms with Crippen LogP contribution >= 0.6 is 11.6 Å². The highest BCUT2D eigenvalue weighted by Crippen LogP contribution is 2.30. The van der Waals surface area contributed by atoms with Crippen LogP contribution in [0.25, 0.3) is 0 Å². The highest BCUT2D eigenvalue weighted by molar-refractivity contribution is 6.30. The maximum Gasteiger partial charge on any atom is 0.0413 e. The van der Waals surface area contributed by atoms with Crippen LogP contribution in [0.3, 0.4) is 0 Å². The number of halogens is 1. The highest BCUT2D eigenvalue weighted by atomic mass is 35.5. The molecule has 2 unspecified atom stereocenters. The molecule has 20 heavy (non-hydrogen) atoms. The van der Waals surface area contributed by atoms with Gasteiger partial charge in [-0.25, -0.2) is 0 Å². The van der Waals surface area contributed by atoms with Gasteiger partial charge in [0.05, 0.1) is 0 Å². The van der Waals surface area contributed by atoms with E-state index in [0.717, 1.165) is 49.5 Å². The van der Waals surface area contributed by atoms with Crippen LogP contribution in [-0.2, 0) is 6.54 Å². The average molecular weight is 295 g/mol. The summed E-state index contributed by atoms with van der Waals surface area (Å²) < 4.78 is 0. The quantitative estimate of drug-likeness (QED) is 0.814. The Labute approximate surface area is 128 Å². The van der Waals surface area contributed by atoms with Crippen LogP contribution in [0.5, 0.6) is 0 Å². The summed E-state index contributed by atoms with van der Waals surface area (Å²) >= 11 is 6.18. The first-order chi connectivity index (χ1) is 9.60. The second kappa shape index (κ2) is 7.33. The van der Waals surface area contributed by atoms with Crippen LogP contribution in [0, 0.1) is 11.8 Å². The number of hydrogen-bond donors (Lipinski definition) is 1. The second-order valence-electron chi connectivity index (χ2n) is 6.30. The van der Waals surface area contributed by atoms with Gasteiger partial charge in [-0.15, -0.1) is 0 Å². The normalized spacial score (nSPS) is 23.1. The lowest BCUT2D eigenvalue weighted by atomic mass is 9.91. The van der Waals surface area contributed by atoms with Crippen LogP contribution < -0.4 is 10.2 Å². The predicted molar refractivity (Wildman–Crippen MR) is 88.6 cm³/mol. The first-order valence-corrected chi connectivity index (χ1v) is 8.22. The summed E-state index contributed by atoms with van der Waals surface area (Å²) in [6.45, 7) is 11.2. The van der Waals surface area contributed by atoms with E-state index in [9.17, 15) is 0 Å². The third kappa shape index (κ3) is 4.13. The molecule has 2 atom stereocenters. The lowest BCUT2D eigenvalue weighted by molar-refractivity contribution is 0.356. The van der Waals surface area contributed by atoms with Gasteiger partial charge in [0, 0.05) is 30.3 Å².